The standard InChI is InChI=1S/C81H98N12O14/c1-50(2)41-69(81(107)93-40-18-28-71(93)80(106)84-51(3)72(82)98)91-77(103)66(44-54-21-10-6-11-22-54)87-73(99)63(27-16-17-39-83-48-57-32-37-62(97)38-33-57)86-75(101)68(46-56-30-35-61(96)36-31-56)90-79(105)70(49-94)92-78(104)67(45-55-23-12-7-13-24-55)89-76(102)65(43-53-19-8-5-9-20-53)88-74(100)64(85-52(4)95)47-58-29-34-59-25-14-15-26-60(59)42-58/h5-15,19-26,29-38,42,50-51,63-71,83,94,96-97H,16-18,27-28,39-41,43-49H2,1-4H3,(H2,82,98)(H,84,106)(H,85,95)(H,86,101)(H,87,99)(H,88,100)(H,89,102)(H,90,105)(H,91,103)(H,92,104)/t51-,63-,64-,65-,66-,67-,68-,69-,70-,71+/m0/s1. The number of hydrogen-bond donors (Lipinski definition) is 14. The van der Waals surface area contributed by atoms with Crippen LogP contribution >= 0.6 is 0 Å². The number of hydrogen-bond acceptors (Lipinski definition) is 15. The van der Waals surface area contributed by atoms with Gasteiger partial charge in [-0.05, 0) is 126 Å². The Morgan fingerprint density at radius 2 is 0.832 bits per heavy atom. The van der Waals surface area contributed by atoms with Crippen molar-refractivity contribution in [3.63, 3.8) is 0 Å². The lowest BCUT2D eigenvalue weighted by Gasteiger charge is -2.31. The number of phenolic OH excluding ortho intramolecular Hbond substituents is 2. The van der Waals surface area contributed by atoms with Crippen molar-refractivity contribution in [2.45, 2.75) is 165 Å². The van der Waals surface area contributed by atoms with Gasteiger partial charge in [-0.25, -0.2) is 0 Å². The fourth-order valence-corrected chi connectivity index (χ4v) is 12.7. The van der Waals surface area contributed by atoms with E-state index in [-0.39, 0.29) is 75.3 Å². The van der Waals surface area contributed by atoms with Crippen LogP contribution in [0.15, 0.2) is 182 Å². The Morgan fingerprint density at radius 1 is 0.439 bits per heavy atom. The lowest BCUT2D eigenvalue weighted by molar-refractivity contribution is -0.142. The molecule has 1 aliphatic rings. The van der Waals surface area contributed by atoms with Gasteiger partial charge in [0.2, 0.25) is 65.0 Å². The third-order valence-electron chi connectivity index (χ3n) is 18.5. The minimum atomic E-state index is -1.79. The molecule has 0 aromatic heterocycles. The highest BCUT2D eigenvalue weighted by Crippen LogP contribution is 2.23. The van der Waals surface area contributed by atoms with E-state index in [4.69, 9.17) is 5.73 Å². The number of nitrogens with two attached hydrogens (primary N) is 1. The second kappa shape index (κ2) is 40.7. The molecule has 1 aliphatic heterocycles. The van der Waals surface area contributed by atoms with Gasteiger partial charge in [-0.3, -0.25) is 52.7 Å². The van der Waals surface area contributed by atoms with E-state index in [9.17, 15) is 58.5 Å². The number of carbonyl (C=O) groups is 11. The molecule has 26 nitrogen and oxygen atoms in total. The molecule has 1 fully saturated rings. The minimum Gasteiger partial charge on any atom is -0.508 e. The smallest absolute Gasteiger partial charge is 0.245 e. The first-order valence-electron chi connectivity index (χ1n) is 36.2. The summed E-state index contributed by atoms with van der Waals surface area (Å²) in [6, 6.07) is 38.6. The third-order valence-corrected chi connectivity index (χ3v) is 18.5. The summed E-state index contributed by atoms with van der Waals surface area (Å²) in [5.41, 5.74) is 9.31. The molecule has 11 amide bonds. The lowest BCUT2D eigenvalue weighted by Crippen LogP contribution is -2.61. The number of nitrogens with zero attached hydrogens (tertiary/aromatic N) is 1. The van der Waals surface area contributed by atoms with Gasteiger partial charge in [0.15, 0.2) is 0 Å². The van der Waals surface area contributed by atoms with Crippen molar-refractivity contribution in [3.05, 3.63) is 215 Å². The highest BCUT2D eigenvalue weighted by molar-refractivity contribution is 5.99. The largest absolute Gasteiger partial charge is 0.508 e. The van der Waals surface area contributed by atoms with Crippen LogP contribution in [0, 0.1) is 5.92 Å². The van der Waals surface area contributed by atoms with Crippen LogP contribution in [-0.4, -0.2) is 165 Å². The number of unbranched alkanes of at least 4 members (excludes halogenated alkanes) is 1. The number of aliphatic hydroxyl groups is 1. The highest BCUT2D eigenvalue weighted by Gasteiger charge is 2.41. The molecule has 566 valence electrons. The molecule has 15 N–H and O–H groups in total. The van der Waals surface area contributed by atoms with Crippen LogP contribution in [0.1, 0.15) is 99.6 Å². The molecule has 0 saturated carbocycles. The predicted octanol–water partition coefficient (Wildman–Crippen LogP) is 3.64. The van der Waals surface area contributed by atoms with E-state index in [2.05, 4.69) is 53.2 Å². The van der Waals surface area contributed by atoms with Gasteiger partial charge in [-0.2, -0.15) is 0 Å². The number of phenols is 2. The summed E-state index contributed by atoms with van der Waals surface area (Å²) >= 11 is 0. The van der Waals surface area contributed by atoms with Gasteiger partial charge in [-0.15, -0.1) is 0 Å². The number of nitrogens with one attached hydrogen (secondary N) is 10. The molecule has 1 saturated heterocycles. The van der Waals surface area contributed by atoms with Crippen LogP contribution in [0.25, 0.3) is 10.8 Å². The average molecular weight is 1460 g/mol. The molecule has 10 atom stereocenters. The van der Waals surface area contributed by atoms with Gasteiger partial charge in [0.05, 0.1) is 6.61 Å². The molecule has 0 bridgehead atoms. The van der Waals surface area contributed by atoms with Gasteiger partial charge in [0.1, 0.15) is 71.9 Å². The Kier molecular flexibility index (Phi) is 30.9. The van der Waals surface area contributed by atoms with Crippen molar-refractivity contribution in [1.29, 1.82) is 0 Å². The molecule has 0 spiro atoms. The summed E-state index contributed by atoms with van der Waals surface area (Å²) in [6.07, 6.45) is 1.09. The Hall–Kier alpha value is -11.5. The van der Waals surface area contributed by atoms with E-state index in [1.165, 1.54) is 43.0 Å². The Bertz CT molecular complexity index is 4150. The van der Waals surface area contributed by atoms with Crippen molar-refractivity contribution >= 4 is 75.8 Å². The number of amides is 11. The normalized spacial score (nSPS) is 15.1. The van der Waals surface area contributed by atoms with Crippen LogP contribution < -0.4 is 58.9 Å². The quantitative estimate of drug-likeness (QED) is 0.0245. The summed E-state index contributed by atoms with van der Waals surface area (Å²) in [6.45, 7) is 6.45. The van der Waals surface area contributed by atoms with E-state index in [0.717, 1.165) is 21.9 Å². The fraction of sp³-hybridized carbons (Fsp3) is 0.370. The first kappa shape index (κ1) is 81.2. The lowest BCUT2D eigenvalue weighted by atomic mass is 9.99. The third kappa shape index (κ3) is 25.7. The van der Waals surface area contributed by atoms with Crippen molar-refractivity contribution in [3.8, 4) is 11.5 Å². The van der Waals surface area contributed by atoms with Crippen LogP contribution in [0.4, 0.5) is 0 Å². The number of aliphatic hydroxyl groups excluding tert-OH is 1. The molecule has 26 heteroatoms. The van der Waals surface area contributed by atoms with Crippen LogP contribution in [0.3, 0.4) is 0 Å². The van der Waals surface area contributed by atoms with Gasteiger partial charge < -0.3 is 79.1 Å². The zero-order chi connectivity index (χ0) is 76.9. The van der Waals surface area contributed by atoms with E-state index < -0.39 is 132 Å². The molecule has 7 aromatic rings. The number of likely N-dealkylation sites (tertiary alicyclic amines) is 1. The number of carbonyl (C=O) groups excluding carboxylic acids is 11. The molecular weight excluding hydrogens is 1360 g/mol. The minimum absolute atomic E-state index is 0.0276. The monoisotopic (exact) mass is 1460 g/mol. The van der Waals surface area contributed by atoms with Gasteiger partial charge in [-0.1, -0.05) is 172 Å². The van der Waals surface area contributed by atoms with Gasteiger partial charge in [0.25, 0.3) is 0 Å². The van der Waals surface area contributed by atoms with Crippen LogP contribution in [-0.2, 0) is 91.4 Å². The first-order valence-corrected chi connectivity index (χ1v) is 36.2. The summed E-state index contributed by atoms with van der Waals surface area (Å²) in [7, 11) is 0. The Balaban J connectivity index is 1.04. The summed E-state index contributed by atoms with van der Waals surface area (Å²) in [5, 5.41) is 61.0. The van der Waals surface area contributed by atoms with Crippen molar-refractivity contribution < 1.29 is 68.1 Å². The van der Waals surface area contributed by atoms with E-state index in [1.54, 1.807) is 115 Å². The molecular formula is C81H98N12O14. The molecule has 0 radical (unpaired) electrons. The zero-order valence-electron chi connectivity index (χ0n) is 60.6. The van der Waals surface area contributed by atoms with E-state index in [1.807, 2.05) is 56.3 Å². The average Bonchev–Trinajstić information content (AvgIpc) is 1.81. The number of aromatic hydroxyl groups is 2. The maximum atomic E-state index is 15.2. The first-order chi connectivity index (χ1) is 51.4. The molecule has 107 heavy (non-hydrogen) atoms. The van der Waals surface area contributed by atoms with Gasteiger partial charge in [0, 0.05) is 52.1 Å². The van der Waals surface area contributed by atoms with Gasteiger partial charge >= 0.3 is 0 Å². The molecule has 7 aromatic carbocycles. The summed E-state index contributed by atoms with van der Waals surface area (Å²) in [4.78, 5) is 158. The molecule has 8 rings (SSSR count). The SMILES string of the molecule is CC(=O)N[C@@H](Cc1ccc2ccccc2c1)C(=O)N[C@@H](Cc1ccccc1)C(=O)N[C@@H](Cc1ccccc1)C(=O)N[C@@H](CO)C(=O)N[C@@H](Cc1ccc(O)cc1)C(=O)N[C@@H](CCCCNCc1ccc(O)cc1)C(=O)N[C@@H](Cc1ccccc1)C(=O)N[C@@H](CC(C)C)C(=O)N1CCC[C@@H]1C(=O)N[C@@H](C)C(N)=O. The molecule has 1 heterocycles. The van der Waals surface area contributed by atoms with Crippen molar-refractivity contribution in [1.82, 2.24) is 58.1 Å². The predicted molar refractivity (Wildman–Crippen MR) is 403 cm³/mol. The van der Waals surface area contributed by atoms with Crippen molar-refractivity contribution in [2.24, 2.45) is 11.7 Å². The Labute approximate surface area is 622 Å². The van der Waals surface area contributed by atoms with E-state index in [0.29, 0.717) is 54.6 Å². The Morgan fingerprint density at radius 3 is 1.30 bits per heavy atom. The second-order valence-electron chi connectivity index (χ2n) is 27.5. The molecule has 0 unspecified atom stereocenters. The number of fused-ring (bicyclic) bond motifs is 1. The second-order valence-corrected chi connectivity index (χ2v) is 27.5. The van der Waals surface area contributed by atoms with E-state index >= 15 is 9.59 Å². The summed E-state index contributed by atoms with van der Waals surface area (Å²) < 4.78 is 0. The fourth-order valence-electron chi connectivity index (χ4n) is 12.7. The zero-order valence-corrected chi connectivity index (χ0v) is 60.6. The maximum absolute atomic E-state index is 15.2. The highest BCUT2D eigenvalue weighted by atomic mass is 16.3. The maximum Gasteiger partial charge on any atom is 0.245 e. The summed E-state index contributed by atoms with van der Waals surface area (Å²) in [5.74, 6) is -8.57. The topological polar surface area (TPSA) is 398 Å². The van der Waals surface area contributed by atoms with Crippen LogP contribution in [0.5, 0.6) is 11.5 Å². The molecule has 0 aliphatic carbocycles. The van der Waals surface area contributed by atoms with Crippen LogP contribution in [0.2, 0.25) is 0 Å². The van der Waals surface area contributed by atoms with Crippen molar-refractivity contribution in [2.75, 3.05) is 19.7 Å². The number of primary amides is 1. The number of rotatable bonds is 39. The number of benzene rings is 7.